The first-order valence-electron chi connectivity index (χ1n) is 3.62. The van der Waals surface area contributed by atoms with Gasteiger partial charge in [-0.2, -0.15) is 0 Å². The molecule has 0 spiro atoms. The molecular weight excluding hydrogens is 112 g/mol. The second-order valence-electron chi connectivity index (χ2n) is 3.02. The maximum absolute atomic E-state index is 9.04. The molecule has 1 heteroatoms. The highest BCUT2D eigenvalue weighted by Gasteiger charge is 2.39. The Hall–Kier alpha value is -0.590. The second kappa shape index (κ2) is 1.69. The lowest BCUT2D eigenvalue weighted by Gasteiger charge is -1.95. The van der Waals surface area contributed by atoms with Gasteiger partial charge in [0.15, 0.2) is 0 Å². The Bertz CT molecular complexity index is 149. The van der Waals surface area contributed by atoms with E-state index in [2.05, 4.69) is 0 Å². The van der Waals surface area contributed by atoms with Crippen molar-refractivity contribution in [3.05, 3.63) is 18.3 Å². The number of hydrogen-bond donors (Lipinski definition) is 1. The van der Waals surface area contributed by atoms with Gasteiger partial charge in [-0.05, 0) is 19.3 Å². The summed E-state index contributed by atoms with van der Waals surface area (Å²) in [6.45, 7) is 0. The van der Waals surface area contributed by atoms with Gasteiger partial charge < -0.3 is 5.11 Å². The zero-order chi connectivity index (χ0) is 6.27. The van der Waals surface area contributed by atoms with E-state index < -0.39 is 0 Å². The SMILES string of the molecule is OC1=C[C@@H]2CCC[C@@H]2[CH+]1. The molecule has 1 nitrogen and oxygen atoms in total. The Morgan fingerprint density at radius 1 is 1.56 bits per heavy atom. The average molecular weight is 123 g/mol. The quantitative estimate of drug-likeness (QED) is 0.489. The van der Waals surface area contributed by atoms with Gasteiger partial charge in [0.1, 0.15) is 0 Å². The van der Waals surface area contributed by atoms with Gasteiger partial charge in [-0.1, -0.05) is 0 Å². The summed E-state index contributed by atoms with van der Waals surface area (Å²) in [5, 5.41) is 9.04. The molecule has 0 aliphatic heterocycles. The molecule has 0 bridgehead atoms. The number of hydrogen-bond acceptors (Lipinski definition) is 1. The van der Waals surface area contributed by atoms with E-state index in [0.717, 1.165) is 0 Å². The van der Waals surface area contributed by atoms with Crippen LogP contribution in [0.15, 0.2) is 11.8 Å². The lowest BCUT2D eigenvalue weighted by molar-refractivity contribution is 0.415. The van der Waals surface area contributed by atoms with Crippen LogP contribution in [0.4, 0.5) is 0 Å². The minimum atomic E-state index is 0.518. The monoisotopic (exact) mass is 123 g/mol. The molecule has 48 valence electrons. The summed E-state index contributed by atoms with van der Waals surface area (Å²) in [5.41, 5.74) is 0. The Kier molecular flexibility index (Phi) is 0.981. The molecular formula is C8H11O+. The minimum Gasteiger partial charge on any atom is -0.478 e. The molecule has 2 rings (SSSR count). The van der Waals surface area contributed by atoms with E-state index in [0.29, 0.717) is 17.6 Å². The highest BCUT2D eigenvalue weighted by molar-refractivity contribution is 5.19. The van der Waals surface area contributed by atoms with Crippen LogP contribution in [0.2, 0.25) is 0 Å². The fraction of sp³-hybridized carbons (Fsp3) is 0.625. The van der Waals surface area contributed by atoms with Gasteiger partial charge in [-0.25, -0.2) is 0 Å². The maximum Gasteiger partial charge on any atom is 0.273 e. The van der Waals surface area contributed by atoms with Crippen molar-refractivity contribution < 1.29 is 5.11 Å². The van der Waals surface area contributed by atoms with Crippen molar-refractivity contribution in [3.8, 4) is 0 Å². The summed E-state index contributed by atoms with van der Waals surface area (Å²) in [4.78, 5) is 0. The van der Waals surface area contributed by atoms with Crippen LogP contribution in [0.5, 0.6) is 0 Å². The van der Waals surface area contributed by atoms with E-state index in [1.165, 1.54) is 19.3 Å². The van der Waals surface area contributed by atoms with E-state index in [1.807, 2.05) is 12.5 Å². The largest absolute Gasteiger partial charge is 0.478 e. The van der Waals surface area contributed by atoms with Gasteiger partial charge in [0, 0.05) is 0 Å². The first-order chi connectivity index (χ1) is 4.36. The van der Waals surface area contributed by atoms with Gasteiger partial charge in [-0.3, -0.25) is 0 Å². The number of rotatable bonds is 0. The van der Waals surface area contributed by atoms with Gasteiger partial charge in [-0.15, -0.1) is 0 Å². The molecule has 0 saturated heterocycles. The number of aliphatic hydroxyl groups excluding tert-OH is 1. The topological polar surface area (TPSA) is 20.2 Å². The predicted molar refractivity (Wildman–Crippen MR) is 35.8 cm³/mol. The van der Waals surface area contributed by atoms with Crippen molar-refractivity contribution in [2.24, 2.45) is 11.8 Å². The van der Waals surface area contributed by atoms with Crippen molar-refractivity contribution in [1.82, 2.24) is 0 Å². The third-order valence-electron chi connectivity index (χ3n) is 2.39. The van der Waals surface area contributed by atoms with Crippen LogP contribution < -0.4 is 0 Å². The van der Waals surface area contributed by atoms with Crippen LogP contribution in [0.3, 0.4) is 0 Å². The van der Waals surface area contributed by atoms with Crippen LogP contribution in [-0.4, -0.2) is 5.11 Å². The molecule has 0 amide bonds. The number of allylic oxidation sites excluding steroid dienone is 2. The molecule has 1 fully saturated rings. The van der Waals surface area contributed by atoms with E-state index >= 15 is 0 Å². The van der Waals surface area contributed by atoms with Crippen LogP contribution in [0.1, 0.15) is 19.3 Å². The lowest BCUT2D eigenvalue weighted by atomic mass is 10.0. The van der Waals surface area contributed by atoms with E-state index in [-0.39, 0.29) is 0 Å². The highest BCUT2D eigenvalue weighted by Crippen LogP contribution is 2.40. The third kappa shape index (κ3) is 0.716. The third-order valence-corrected chi connectivity index (χ3v) is 2.39. The molecule has 0 aromatic heterocycles. The summed E-state index contributed by atoms with van der Waals surface area (Å²) in [6, 6.07) is 0. The van der Waals surface area contributed by atoms with Crippen molar-refractivity contribution in [3.63, 3.8) is 0 Å². The van der Waals surface area contributed by atoms with Crippen molar-refractivity contribution >= 4 is 0 Å². The average Bonchev–Trinajstić information content (AvgIpc) is 2.22. The highest BCUT2D eigenvalue weighted by atomic mass is 16.3. The fourth-order valence-corrected chi connectivity index (χ4v) is 1.93. The van der Waals surface area contributed by atoms with Gasteiger partial charge in [0.2, 0.25) is 0 Å². The van der Waals surface area contributed by atoms with Crippen molar-refractivity contribution in [1.29, 1.82) is 0 Å². The van der Waals surface area contributed by atoms with E-state index in [9.17, 15) is 0 Å². The summed E-state index contributed by atoms with van der Waals surface area (Å²) >= 11 is 0. The van der Waals surface area contributed by atoms with Crippen molar-refractivity contribution in [2.75, 3.05) is 0 Å². The molecule has 0 unspecified atom stereocenters. The van der Waals surface area contributed by atoms with Crippen LogP contribution in [0.25, 0.3) is 0 Å². The molecule has 9 heavy (non-hydrogen) atoms. The standard InChI is InChI=1S/C8H10O/c9-8-4-6-2-1-3-7(6)5-8/h4-7H,1-3H2/p+1/t6-,7+. The molecule has 1 saturated carbocycles. The smallest absolute Gasteiger partial charge is 0.273 e. The number of aliphatic hydroxyl groups is 1. The Morgan fingerprint density at radius 3 is 3.22 bits per heavy atom. The molecule has 2 aliphatic rings. The fourth-order valence-electron chi connectivity index (χ4n) is 1.93. The summed E-state index contributed by atoms with van der Waals surface area (Å²) in [6.07, 6.45) is 7.90. The van der Waals surface area contributed by atoms with E-state index in [1.54, 1.807) is 0 Å². The van der Waals surface area contributed by atoms with Crippen LogP contribution in [0, 0.1) is 18.3 Å². The first-order valence-corrected chi connectivity index (χ1v) is 3.62. The van der Waals surface area contributed by atoms with Crippen LogP contribution in [-0.2, 0) is 0 Å². The molecule has 2 aliphatic carbocycles. The van der Waals surface area contributed by atoms with Crippen LogP contribution >= 0.6 is 0 Å². The molecule has 0 heterocycles. The Balaban J connectivity index is 2.13. The zero-order valence-corrected chi connectivity index (χ0v) is 5.38. The lowest BCUT2D eigenvalue weighted by Crippen LogP contribution is -1.97. The Labute approximate surface area is 55.4 Å². The van der Waals surface area contributed by atoms with Gasteiger partial charge in [0.25, 0.3) is 5.76 Å². The first kappa shape index (κ1) is 5.21. The molecule has 0 radical (unpaired) electrons. The predicted octanol–water partition coefficient (Wildman–Crippen LogP) is 2.06. The number of fused-ring (bicyclic) bond motifs is 1. The van der Waals surface area contributed by atoms with Crippen molar-refractivity contribution in [2.45, 2.75) is 19.3 Å². The summed E-state index contributed by atoms with van der Waals surface area (Å²) < 4.78 is 0. The summed E-state index contributed by atoms with van der Waals surface area (Å²) in [7, 11) is 0. The van der Waals surface area contributed by atoms with Gasteiger partial charge >= 0.3 is 0 Å². The zero-order valence-electron chi connectivity index (χ0n) is 5.38. The maximum atomic E-state index is 9.04. The molecule has 2 atom stereocenters. The molecule has 0 aromatic carbocycles. The van der Waals surface area contributed by atoms with E-state index in [4.69, 9.17) is 5.11 Å². The van der Waals surface area contributed by atoms with Gasteiger partial charge in [0.05, 0.1) is 24.3 Å². The minimum absolute atomic E-state index is 0.518. The second-order valence-corrected chi connectivity index (χ2v) is 3.02. The normalized spacial score (nSPS) is 39.8. The molecule has 1 N–H and O–H groups in total. The summed E-state index contributed by atoms with van der Waals surface area (Å²) in [5.74, 6) is 1.89. The Morgan fingerprint density at radius 2 is 2.44 bits per heavy atom. The molecule has 0 aromatic rings.